The average Bonchev–Trinajstić information content (AvgIpc) is 2.34. The molecule has 0 aliphatic heterocycles. The van der Waals surface area contributed by atoms with Gasteiger partial charge in [0.25, 0.3) is 0 Å². The quantitative estimate of drug-likeness (QED) is 0.580. The van der Waals surface area contributed by atoms with E-state index in [2.05, 4.69) is 0 Å². The largest absolute Gasteiger partial charge is 0.466 e. The van der Waals surface area contributed by atoms with Crippen molar-refractivity contribution in [3.05, 3.63) is 41.5 Å². The molecule has 0 aromatic heterocycles. The zero-order chi connectivity index (χ0) is 12.7. The number of benzene rings is 1. The van der Waals surface area contributed by atoms with Crippen molar-refractivity contribution < 1.29 is 14.3 Å². The molecule has 0 saturated heterocycles. The van der Waals surface area contributed by atoms with Crippen LogP contribution < -0.4 is 0 Å². The van der Waals surface area contributed by atoms with Crippen molar-refractivity contribution in [2.75, 3.05) is 13.7 Å². The molecule has 3 nitrogen and oxygen atoms in total. The summed E-state index contributed by atoms with van der Waals surface area (Å²) in [5.41, 5.74) is 1.48. The highest BCUT2D eigenvalue weighted by atomic mass is 16.5. The van der Waals surface area contributed by atoms with Gasteiger partial charge in [-0.2, -0.15) is 0 Å². The molecule has 0 unspecified atom stereocenters. The van der Waals surface area contributed by atoms with E-state index in [-0.39, 0.29) is 18.7 Å². The molecule has 0 atom stereocenters. The molecule has 0 amide bonds. The Hall–Kier alpha value is -1.61. The number of hydrogen-bond donors (Lipinski definition) is 0. The van der Waals surface area contributed by atoms with Gasteiger partial charge in [-0.3, -0.25) is 0 Å². The van der Waals surface area contributed by atoms with Crippen LogP contribution in [-0.4, -0.2) is 25.8 Å². The number of ether oxygens (including phenoxy) is 2. The van der Waals surface area contributed by atoms with Crippen LogP contribution in [0.15, 0.2) is 35.9 Å². The SMILES string of the molecule is COC(=O)/C(=C/c1ccccc1)COC(C)C. The summed E-state index contributed by atoms with van der Waals surface area (Å²) in [7, 11) is 1.37. The van der Waals surface area contributed by atoms with Crippen molar-refractivity contribution in [1.29, 1.82) is 0 Å². The van der Waals surface area contributed by atoms with Crippen molar-refractivity contribution in [3.8, 4) is 0 Å². The Bertz CT molecular complexity index is 380. The molecule has 0 spiro atoms. The Labute approximate surface area is 102 Å². The maximum atomic E-state index is 11.6. The first kappa shape index (κ1) is 13.5. The molecule has 3 heteroatoms. The fraction of sp³-hybridized carbons (Fsp3) is 0.357. The zero-order valence-electron chi connectivity index (χ0n) is 10.5. The molecule has 17 heavy (non-hydrogen) atoms. The molecule has 1 aromatic carbocycles. The lowest BCUT2D eigenvalue weighted by atomic mass is 10.1. The van der Waals surface area contributed by atoms with Gasteiger partial charge in [0.05, 0.1) is 25.4 Å². The van der Waals surface area contributed by atoms with Gasteiger partial charge < -0.3 is 9.47 Å². The third-order valence-electron chi connectivity index (χ3n) is 2.16. The lowest BCUT2D eigenvalue weighted by Gasteiger charge is -2.09. The van der Waals surface area contributed by atoms with Crippen LogP contribution in [0.4, 0.5) is 0 Å². The molecule has 0 bridgehead atoms. The first-order chi connectivity index (χ1) is 8.13. The first-order valence-corrected chi connectivity index (χ1v) is 5.59. The Morgan fingerprint density at radius 2 is 1.94 bits per heavy atom. The minimum atomic E-state index is -0.352. The standard InChI is InChI=1S/C14H18O3/c1-11(2)17-10-13(14(15)16-3)9-12-7-5-4-6-8-12/h4-9,11H,10H2,1-3H3/b13-9+. The Kier molecular flexibility index (Phi) is 5.43. The number of carbonyl (C=O) groups is 1. The van der Waals surface area contributed by atoms with E-state index >= 15 is 0 Å². The summed E-state index contributed by atoms with van der Waals surface area (Å²) in [6.45, 7) is 4.12. The van der Waals surface area contributed by atoms with E-state index in [0.717, 1.165) is 5.56 Å². The fourth-order valence-corrected chi connectivity index (χ4v) is 1.30. The molecule has 92 valence electrons. The van der Waals surface area contributed by atoms with Crippen LogP contribution in [0.3, 0.4) is 0 Å². The third-order valence-corrected chi connectivity index (χ3v) is 2.16. The zero-order valence-corrected chi connectivity index (χ0v) is 10.5. The van der Waals surface area contributed by atoms with E-state index in [1.807, 2.05) is 44.2 Å². The van der Waals surface area contributed by atoms with Gasteiger partial charge in [0, 0.05) is 0 Å². The molecule has 0 aliphatic carbocycles. The first-order valence-electron chi connectivity index (χ1n) is 5.59. The molecular weight excluding hydrogens is 216 g/mol. The molecule has 0 fully saturated rings. The topological polar surface area (TPSA) is 35.5 Å². The van der Waals surface area contributed by atoms with E-state index < -0.39 is 0 Å². The summed E-state index contributed by atoms with van der Waals surface area (Å²) < 4.78 is 10.2. The number of rotatable bonds is 5. The highest BCUT2D eigenvalue weighted by Crippen LogP contribution is 2.09. The molecule has 0 saturated carbocycles. The van der Waals surface area contributed by atoms with Gasteiger partial charge in [-0.05, 0) is 25.5 Å². The van der Waals surface area contributed by atoms with Crippen molar-refractivity contribution in [3.63, 3.8) is 0 Å². The lowest BCUT2D eigenvalue weighted by molar-refractivity contribution is -0.136. The van der Waals surface area contributed by atoms with Crippen LogP contribution in [0, 0.1) is 0 Å². The molecule has 0 radical (unpaired) electrons. The van der Waals surface area contributed by atoms with Gasteiger partial charge in [-0.15, -0.1) is 0 Å². The van der Waals surface area contributed by atoms with Crippen LogP contribution in [-0.2, 0) is 14.3 Å². The summed E-state index contributed by atoms with van der Waals surface area (Å²) in [6, 6.07) is 9.63. The second-order valence-electron chi connectivity index (χ2n) is 3.93. The van der Waals surface area contributed by atoms with Crippen LogP contribution in [0.1, 0.15) is 19.4 Å². The monoisotopic (exact) mass is 234 g/mol. The smallest absolute Gasteiger partial charge is 0.336 e. The third kappa shape index (κ3) is 4.83. The minimum Gasteiger partial charge on any atom is -0.466 e. The highest BCUT2D eigenvalue weighted by Gasteiger charge is 2.10. The number of esters is 1. The van der Waals surface area contributed by atoms with E-state index in [9.17, 15) is 4.79 Å². The van der Waals surface area contributed by atoms with Gasteiger partial charge in [-0.25, -0.2) is 4.79 Å². The molecule has 0 aliphatic rings. The number of methoxy groups -OCH3 is 1. The second kappa shape index (κ2) is 6.86. The van der Waals surface area contributed by atoms with Crippen LogP contribution in [0.2, 0.25) is 0 Å². The highest BCUT2D eigenvalue weighted by molar-refractivity contribution is 5.93. The predicted octanol–water partition coefficient (Wildman–Crippen LogP) is 2.67. The minimum absolute atomic E-state index is 0.0822. The van der Waals surface area contributed by atoms with E-state index in [4.69, 9.17) is 9.47 Å². The van der Waals surface area contributed by atoms with Crippen molar-refractivity contribution in [2.24, 2.45) is 0 Å². The molecular formula is C14H18O3. The summed E-state index contributed by atoms with van der Waals surface area (Å²) >= 11 is 0. The van der Waals surface area contributed by atoms with Gasteiger partial charge >= 0.3 is 5.97 Å². The van der Waals surface area contributed by atoms with Crippen molar-refractivity contribution >= 4 is 12.0 Å². The molecule has 0 N–H and O–H groups in total. The van der Waals surface area contributed by atoms with Crippen molar-refractivity contribution in [1.82, 2.24) is 0 Å². The lowest BCUT2D eigenvalue weighted by Crippen LogP contribution is -2.13. The maximum absolute atomic E-state index is 11.6. The normalized spacial score (nSPS) is 11.6. The molecule has 1 rings (SSSR count). The number of hydrogen-bond acceptors (Lipinski definition) is 3. The number of carbonyl (C=O) groups excluding carboxylic acids is 1. The van der Waals surface area contributed by atoms with Crippen molar-refractivity contribution in [2.45, 2.75) is 20.0 Å². The summed E-state index contributed by atoms with van der Waals surface area (Å²) in [4.78, 5) is 11.6. The Morgan fingerprint density at radius 1 is 1.29 bits per heavy atom. The average molecular weight is 234 g/mol. The van der Waals surface area contributed by atoms with Crippen LogP contribution >= 0.6 is 0 Å². The molecule has 0 heterocycles. The molecule has 1 aromatic rings. The van der Waals surface area contributed by atoms with Crippen LogP contribution in [0.5, 0.6) is 0 Å². The summed E-state index contributed by atoms with van der Waals surface area (Å²) in [5.74, 6) is -0.352. The van der Waals surface area contributed by atoms with Gasteiger partial charge in [0.2, 0.25) is 0 Å². The van der Waals surface area contributed by atoms with Gasteiger partial charge in [0.15, 0.2) is 0 Å². The summed E-state index contributed by atoms with van der Waals surface area (Å²) in [6.07, 6.45) is 1.87. The summed E-state index contributed by atoms with van der Waals surface area (Å²) in [5, 5.41) is 0. The van der Waals surface area contributed by atoms with E-state index in [1.54, 1.807) is 6.08 Å². The maximum Gasteiger partial charge on any atom is 0.336 e. The van der Waals surface area contributed by atoms with Crippen LogP contribution in [0.25, 0.3) is 6.08 Å². The van der Waals surface area contributed by atoms with E-state index in [0.29, 0.717) is 5.57 Å². The fourth-order valence-electron chi connectivity index (χ4n) is 1.30. The second-order valence-corrected chi connectivity index (χ2v) is 3.93. The predicted molar refractivity (Wildman–Crippen MR) is 67.5 cm³/mol. The Balaban J connectivity index is 2.82. The van der Waals surface area contributed by atoms with Gasteiger partial charge in [-0.1, -0.05) is 30.3 Å². The van der Waals surface area contributed by atoms with E-state index in [1.165, 1.54) is 7.11 Å². The van der Waals surface area contributed by atoms with Gasteiger partial charge in [0.1, 0.15) is 0 Å². The Morgan fingerprint density at radius 3 is 2.47 bits per heavy atom.